The molecule has 1 aromatic carbocycles. The molecular weight excluding hydrogens is 308 g/mol. The number of carbonyl (C=O) groups excluding carboxylic acids is 1. The van der Waals surface area contributed by atoms with E-state index in [0.29, 0.717) is 5.92 Å². The van der Waals surface area contributed by atoms with Gasteiger partial charge in [0, 0.05) is 17.3 Å². The fourth-order valence-electron chi connectivity index (χ4n) is 1.98. The van der Waals surface area contributed by atoms with Crippen molar-refractivity contribution in [3.63, 3.8) is 0 Å². The summed E-state index contributed by atoms with van der Waals surface area (Å²) in [6, 6.07) is 3.53. The Hall–Kier alpha value is -1.07. The molecule has 0 saturated heterocycles. The van der Waals surface area contributed by atoms with Gasteiger partial charge in [-0.3, -0.25) is 4.79 Å². The summed E-state index contributed by atoms with van der Waals surface area (Å²) in [6.07, 6.45) is 0.117. The van der Waals surface area contributed by atoms with Crippen LogP contribution < -0.4 is 15.4 Å². The van der Waals surface area contributed by atoms with Crippen molar-refractivity contribution < 1.29 is 9.53 Å². The van der Waals surface area contributed by atoms with Crippen LogP contribution in [0.3, 0.4) is 0 Å². The molecule has 0 radical (unpaired) electrons. The third kappa shape index (κ3) is 2.77. The first-order valence-electron chi connectivity index (χ1n) is 6.42. The lowest BCUT2D eigenvalue weighted by Gasteiger charge is -2.20. The first-order valence-corrected chi connectivity index (χ1v) is 7.21. The number of hydrogen-bond donors (Lipinski definition) is 2. The van der Waals surface area contributed by atoms with Crippen LogP contribution in [-0.4, -0.2) is 19.1 Å². The summed E-state index contributed by atoms with van der Waals surface area (Å²) >= 11 is 3.51. The summed E-state index contributed by atoms with van der Waals surface area (Å²) in [5.41, 5.74) is 1.77. The zero-order chi connectivity index (χ0) is 14.2. The maximum absolute atomic E-state index is 11.8. The zero-order valence-electron chi connectivity index (χ0n) is 11.6. The second kappa shape index (κ2) is 5.51. The van der Waals surface area contributed by atoms with Crippen LogP contribution >= 0.6 is 15.9 Å². The van der Waals surface area contributed by atoms with Gasteiger partial charge in [-0.2, -0.15) is 0 Å². The highest BCUT2D eigenvalue weighted by Crippen LogP contribution is 2.39. The molecule has 1 heterocycles. The number of likely N-dealkylation sites (N-methyl/N-ethyl adjacent to an activating group) is 1. The molecule has 1 aliphatic rings. The number of nitrogens with one attached hydrogen (secondary N) is 2. The number of halogens is 1. The Balaban J connectivity index is 2.31. The lowest BCUT2D eigenvalue weighted by Crippen LogP contribution is -2.23. The van der Waals surface area contributed by atoms with E-state index in [4.69, 9.17) is 4.74 Å². The summed E-state index contributed by atoms with van der Waals surface area (Å²) < 4.78 is 6.79. The predicted octanol–water partition coefficient (Wildman–Crippen LogP) is 3.09. The summed E-state index contributed by atoms with van der Waals surface area (Å²) in [5, 5.41) is 5.87. The Morgan fingerprint density at radius 2 is 2.05 bits per heavy atom. The van der Waals surface area contributed by atoms with Crippen molar-refractivity contribution in [2.45, 2.75) is 32.9 Å². The molecule has 1 aromatic rings. The maximum Gasteiger partial charge on any atom is 0.246 e. The third-order valence-corrected chi connectivity index (χ3v) is 4.10. The fourth-order valence-corrected chi connectivity index (χ4v) is 2.43. The van der Waals surface area contributed by atoms with Crippen molar-refractivity contribution in [2.24, 2.45) is 5.92 Å². The number of carbonyl (C=O) groups is 1. The van der Waals surface area contributed by atoms with E-state index in [-0.39, 0.29) is 18.1 Å². The van der Waals surface area contributed by atoms with Gasteiger partial charge in [-0.1, -0.05) is 13.8 Å². The van der Waals surface area contributed by atoms with E-state index in [0.717, 1.165) is 21.5 Å². The number of ether oxygens (including phenoxy) is 1. The molecular formula is C14H19BrN2O2. The quantitative estimate of drug-likeness (QED) is 0.893. The molecule has 2 atom stereocenters. The molecule has 2 unspecified atom stereocenters. The van der Waals surface area contributed by atoms with Gasteiger partial charge in [0.2, 0.25) is 5.91 Å². The van der Waals surface area contributed by atoms with Gasteiger partial charge in [0.1, 0.15) is 11.8 Å². The lowest BCUT2D eigenvalue weighted by molar-refractivity contribution is -0.117. The monoisotopic (exact) mass is 326 g/mol. The summed E-state index contributed by atoms with van der Waals surface area (Å²) in [4.78, 5) is 11.8. The van der Waals surface area contributed by atoms with Gasteiger partial charge < -0.3 is 15.4 Å². The average molecular weight is 327 g/mol. The molecule has 0 spiro atoms. The van der Waals surface area contributed by atoms with E-state index in [1.807, 2.05) is 19.1 Å². The van der Waals surface area contributed by atoms with Crippen LogP contribution in [0.5, 0.6) is 5.75 Å². The van der Waals surface area contributed by atoms with E-state index in [9.17, 15) is 4.79 Å². The molecule has 19 heavy (non-hydrogen) atoms. The van der Waals surface area contributed by atoms with Gasteiger partial charge in [-0.25, -0.2) is 0 Å². The average Bonchev–Trinajstić information content (AvgIpc) is 2.64. The van der Waals surface area contributed by atoms with E-state index >= 15 is 0 Å². The largest absolute Gasteiger partial charge is 0.489 e. The van der Waals surface area contributed by atoms with Crippen LogP contribution in [-0.2, 0) is 4.79 Å². The number of fused-ring (bicyclic) bond motifs is 1. The molecule has 0 bridgehead atoms. The highest BCUT2D eigenvalue weighted by molar-refractivity contribution is 9.10. The minimum absolute atomic E-state index is 0.0292. The molecule has 104 valence electrons. The van der Waals surface area contributed by atoms with Crippen molar-refractivity contribution in [1.29, 1.82) is 0 Å². The van der Waals surface area contributed by atoms with Crippen molar-refractivity contribution in [2.75, 3.05) is 12.4 Å². The van der Waals surface area contributed by atoms with Crippen LogP contribution in [0.2, 0.25) is 0 Å². The highest BCUT2D eigenvalue weighted by Gasteiger charge is 2.30. The Kier molecular flexibility index (Phi) is 4.16. The van der Waals surface area contributed by atoms with Crippen molar-refractivity contribution in [1.82, 2.24) is 5.32 Å². The number of benzene rings is 1. The van der Waals surface area contributed by atoms with Gasteiger partial charge in [0.15, 0.2) is 0 Å². The van der Waals surface area contributed by atoms with Gasteiger partial charge >= 0.3 is 0 Å². The third-order valence-electron chi connectivity index (χ3n) is 3.48. The van der Waals surface area contributed by atoms with Crippen LogP contribution in [0.4, 0.5) is 5.69 Å². The molecule has 0 aromatic heterocycles. The first kappa shape index (κ1) is 14.3. The summed E-state index contributed by atoms with van der Waals surface area (Å²) in [7, 11) is 1.78. The molecule has 0 fully saturated rings. The second-order valence-electron chi connectivity index (χ2n) is 5.15. The van der Waals surface area contributed by atoms with Crippen LogP contribution in [0, 0.1) is 5.92 Å². The van der Waals surface area contributed by atoms with Crippen LogP contribution in [0.15, 0.2) is 16.6 Å². The van der Waals surface area contributed by atoms with E-state index < -0.39 is 0 Å². The Morgan fingerprint density at radius 3 is 2.63 bits per heavy atom. The summed E-state index contributed by atoms with van der Waals surface area (Å²) in [6.45, 7) is 6.27. The molecule has 0 aliphatic carbocycles. The molecule has 2 rings (SSSR count). The Morgan fingerprint density at radius 1 is 1.37 bits per heavy atom. The van der Waals surface area contributed by atoms with E-state index in [2.05, 4.69) is 40.4 Å². The predicted molar refractivity (Wildman–Crippen MR) is 79.5 cm³/mol. The van der Waals surface area contributed by atoms with E-state index in [1.165, 1.54) is 0 Å². The normalized spacial score (nSPS) is 19.3. The SMILES string of the molecule is CNC1C(=O)Nc2cc(OC(C)C(C)C)c(Br)cc21. The lowest BCUT2D eigenvalue weighted by atomic mass is 10.1. The van der Waals surface area contributed by atoms with Crippen LogP contribution in [0.25, 0.3) is 0 Å². The molecule has 4 nitrogen and oxygen atoms in total. The van der Waals surface area contributed by atoms with Crippen molar-refractivity contribution in [3.05, 3.63) is 22.2 Å². The maximum atomic E-state index is 11.8. The molecule has 5 heteroatoms. The molecule has 1 amide bonds. The molecule has 2 N–H and O–H groups in total. The zero-order valence-corrected chi connectivity index (χ0v) is 13.2. The smallest absolute Gasteiger partial charge is 0.246 e. The Bertz CT molecular complexity index is 502. The number of hydrogen-bond acceptors (Lipinski definition) is 3. The van der Waals surface area contributed by atoms with Crippen LogP contribution in [0.1, 0.15) is 32.4 Å². The van der Waals surface area contributed by atoms with Crippen molar-refractivity contribution >= 4 is 27.5 Å². The first-order chi connectivity index (χ1) is 8.93. The topological polar surface area (TPSA) is 50.4 Å². The number of anilines is 1. The van der Waals surface area contributed by atoms with Gasteiger partial charge in [0.05, 0.1) is 10.6 Å². The Labute approximate surface area is 122 Å². The van der Waals surface area contributed by atoms with Gasteiger partial charge in [-0.15, -0.1) is 0 Å². The molecule has 1 aliphatic heterocycles. The number of rotatable bonds is 4. The fraction of sp³-hybridized carbons (Fsp3) is 0.500. The number of amides is 1. The second-order valence-corrected chi connectivity index (χ2v) is 6.00. The molecule has 0 saturated carbocycles. The minimum Gasteiger partial charge on any atom is -0.489 e. The summed E-state index contributed by atoms with van der Waals surface area (Å²) in [5.74, 6) is 1.16. The highest BCUT2D eigenvalue weighted by atomic mass is 79.9. The van der Waals surface area contributed by atoms with Gasteiger partial charge in [-0.05, 0) is 41.9 Å². The van der Waals surface area contributed by atoms with Gasteiger partial charge in [0.25, 0.3) is 0 Å². The van der Waals surface area contributed by atoms with Crippen molar-refractivity contribution in [3.8, 4) is 5.75 Å². The van der Waals surface area contributed by atoms with E-state index in [1.54, 1.807) is 7.05 Å². The standard InChI is InChI=1S/C14H19BrN2O2/c1-7(2)8(3)19-12-6-11-9(5-10(12)15)13(16-4)14(18)17-11/h5-8,13,16H,1-4H3,(H,17,18). The minimum atomic E-state index is -0.289.